The van der Waals surface area contributed by atoms with E-state index in [4.69, 9.17) is 14.0 Å². The van der Waals surface area contributed by atoms with Crippen LogP contribution in [0, 0.1) is 0 Å². The largest absolute Gasteiger partial charge is 0.493 e. The molecule has 0 N–H and O–H groups in total. The Morgan fingerprint density at radius 2 is 2.00 bits per heavy atom. The molecule has 23 heavy (non-hydrogen) atoms. The summed E-state index contributed by atoms with van der Waals surface area (Å²) in [4.78, 5) is 16.6. The van der Waals surface area contributed by atoms with Gasteiger partial charge in [0, 0.05) is 5.41 Å². The second-order valence-electron chi connectivity index (χ2n) is 6.18. The number of esters is 1. The molecule has 0 saturated carbocycles. The predicted octanol–water partition coefficient (Wildman–Crippen LogP) is 3.68. The van der Waals surface area contributed by atoms with Gasteiger partial charge in [-0.05, 0) is 26.0 Å². The van der Waals surface area contributed by atoms with E-state index in [1.165, 1.54) is 0 Å². The molecule has 6 heteroatoms. The van der Waals surface area contributed by atoms with Gasteiger partial charge in [-0.25, -0.2) is 4.79 Å². The summed E-state index contributed by atoms with van der Waals surface area (Å²) in [5, 5.41) is 3.93. The number of benzene rings is 1. The average molecular weight is 318 g/mol. The first-order valence-corrected chi connectivity index (χ1v) is 7.59. The first-order valence-electron chi connectivity index (χ1n) is 7.59. The number of carbonyl (C=O) groups is 1. The molecule has 0 radical (unpaired) electrons. The highest BCUT2D eigenvalue weighted by Gasteiger charge is 2.25. The number of ether oxygens (including phenoxy) is 2. The number of nitrogens with zero attached hydrogens (tertiary/aromatic N) is 2. The Hall–Kier alpha value is -2.37. The van der Waals surface area contributed by atoms with Crippen LogP contribution >= 0.6 is 0 Å². The molecule has 0 bridgehead atoms. The fourth-order valence-corrected chi connectivity index (χ4v) is 1.90. The summed E-state index contributed by atoms with van der Waals surface area (Å²) < 4.78 is 16.1. The summed E-state index contributed by atoms with van der Waals surface area (Å²) in [5.74, 6) is 0.854. The number of rotatable bonds is 5. The van der Waals surface area contributed by atoms with E-state index in [2.05, 4.69) is 10.1 Å². The van der Waals surface area contributed by atoms with Crippen molar-refractivity contribution in [3.05, 3.63) is 41.5 Å². The van der Waals surface area contributed by atoms with E-state index in [-0.39, 0.29) is 11.3 Å². The Labute approximate surface area is 135 Å². The first kappa shape index (κ1) is 17.0. The zero-order valence-corrected chi connectivity index (χ0v) is 14.1. The fraction of sp³-hybridized carbons (Fsp3) is 0.471. The van der Waals surface area contributed by atoms with Crippen LogP contribution in [0.5, 0.6) is 5.75 Å². The van der Waals surface area contributed by atoms with Crippen molar-refractivity contribution < 1.29 is 18.8 Å². The van der Waals surface area contributed by atoms with Crippen LogP contribution in [0.3, 0.4) is 0 Å². The quantitative estimate of drug-likeness (QED) is 0.783. The van der Waals surface area contributed by atoms with Crippen LogP contribution in [0.1, 0.15) is 62.8 Å². The summed E-state index contributed by atoms with van der Waals surface area (Å²) in [6.07, 6.45) is -0.638. The Balaban J connectivity index is 2.12. The van der Waals surface area contributed by atoms with Crippen molar-refractivity contribution in [2.75, 3.05) is 6.61 Å². The third kappa shape index (κ3) is 4.09. The molecular formula is C17H22N2O4. The van der Waals surface area contributed by atoms with E-state index in [0.29, 0.717) is 23.7 Å². The number of hydrogen-bond donors (Lipinski definition) is 0. The molecule has 2 aromatic rings. The lowest BCUT2D eigenvalue weighted by Crippen LogP contribution is -2.14. The van der Waals surface area contributed by atoms with Crippen LogP contribution < -0.4 is 4.74 Å². The van der Waals surface area contributed by atoms with Crippen LogP contribution in [0.15, 0.2) is 28.8 Å². The van der Waals surface area contributed by atoms with Crippen molar-refractivity contribution in [3.8, 4) is 5.75 Å². The molecule has 0 aliphatic rings. The van der Waals surface area contributed by atoms with Gasteiger partial charge < -0.3 is 14.0 Å². The Bertz CT molecular complexity index is 673. The lowest BCUT2D eigenvalue weighted by atomic mass is 9.96. The third-order valence-electron chi connectivity index (χ3n) is 3.15. The second-order valence-corrected chi connectivity index (χ2v) is 6.18. The van der Waals surface area contributed by atoms with Crippen molar-refractivity contribution >= 4 is 5.97 Å². The van der Waals surface area contributed by atoms with Crippen molar-refractivity contribution in [3.63, 3.8) is 0 Å². The fourth-order valence-electron chi connectivity index (χ4n) is 1.90. The monoisotopic (exact) mass is 318 g/mol. The summed E-state index contributed by atoms with van der Waals surface area (Å²) in [6, 6.07) is 6.95. The van der Waals surface area contributed by atoms with Crippen LogP contribution in [0.2, 0.25) is 0 Å². The summed E-state index contributed by atoms with van der Waals surface area (Å²) in [6.45, 7) is 9.97. The van der Waals surface area contributed by atoms with Crippen LogP contribution in [-0.2, 0) is 10.2 Å². The standard InChI is InChI=1S/C17H22N2O4/c1-6-21-13-10-8-7-9-12(13)15(20)22-11(2)14-18-16(19-23-14)17(3,4)5/h7-11H,6H2,1-5H3. The van der Waals surface area contributed by atoms with Crippen molar-refractivity contribution in [2.45, 2.75) is 46.1 Å². The minimum absolute atomic E-state index is 0.229. The maximum absolute atomic E-state index is 12.3. The van der Waals surface area contributed by atoms with Crippen LogP contribution in [0.25, 0.3) is 0 Å². The lowest BCUT2D eigenvalue weighted by molar-refractivity contribution is 0.0261. The molecule has 124 valence electrons. The Morgan fingerprint density at radius 1 is 1.30 bits per heavy atom. The zero-order valence-electron chi connectivity index (χ0n) is 14.1. The van der Waals surface area contributed by atoms with E-state index in [0.717, 1.165) is 0 Å². The maximum Gasteiger partial charge on any atom is 0.342 e. The summed E-state index contributed by atoms with van der Waals surface area (Å²) in [5.41, 5.74) is 0.143. The van der Waals surface area contributed by atoms with Crippen molar-refractivity contribution in [1.82, 2.24) is 10.1 Å². The van der Waals surface area contributed by atoms with Gasteiger partial charge in [-0.3, -0.25) is 0 Å². The SMILES string of the molecule is CCOc1ccccc1C(=O)OC(C)c1nc(C(C)(C)C)no1. The molecule has 1 aromatic carbocycles. The van der Waals surface area contributed by atoms with E-state index in [9.17, 15) is 4.79 Å². The molecular weight excluding hydrogens is 296 g/mol. The second kappa shape index (κ2) is 6.81. The minimum Gasteiger partial charge on any atom is -0.493 e. The number of hydrogen-bond acceptors (Lipinski definition) is 6. The third-order valence-corrected chi connectivity index (χ3v) is 3.15. The molecule has 0 saturated heterocycles. The van der Waals surface area contributed by atoms with E-state index < -0.39 is 12.1 Å². The topological polar surface area (TPSA) is 74.5 Å². The van der Waals surface area contributed by atoms with E-state index in [1.54, 1.807) is 31.2 Å². The molecule has 0 aliphatic heterocycles. The smallest absolute Gasteiger partial charge is 0.342 e. The highest BCUT2D eigenvalue weighted by atomic mass is 16.6. The van der Waals surface area contributed by atoms with Gasteiger partial charge in [-0.2, -0.15) is 4.98 Å². The molecule has 1 unspecified atom stereocenters. The lowest BCUT2D eigenvalue weighted by Gasteiger charge is -2.13. The highest BCUT2D eigenvalue weighted by Crippen LogP contribution is 2.25. The molecule has 6 nitrogen and oxygen atoms in total. The van der Waals surface area contributed by atoms with Crippen molar-refractivity contribution in [1.29, 1.82) is 0 Å². The number of carbonyl (C=O) groups excluding carboxylic acids is 1. The minimum atomic E-state index is -0.638. The number of para-hydroxylation sites is 1. The van der Waals surface area contributed by atoms with Gasteiger partial charge in [0.05, 0.1) is 6.61 Å². The first-order chi connectivity index (χ1) is 10.8. The zero-order chi connectivity index (χ0) is 17.0. The summed E-state index contributed by atoms with van der Waals surface area (Å²) in [7, 11) is 0. The molecule has 0 spiro atoms. The number of aromatic nitrogens is 2. The van der Waals surface area contributed by atoms with Gasteiger partial charge in [0.25, 0.3) is 5.89 Å². The Morgan fingerprint density at radius 3 is 2.61 bits per heavy atom. The van der Waals surface area contributed by atoms with Gasteiger partial charge in [0.2, 0.25) is 0 Å². The van der Waals surface area contributed by atoms with Gasteiger partial charge in [-0.15, -0.1) is 0 Å². The molecule has 1 atom stereocenters. The van der Waals surface area contributed by atoms with E-state index in [1.807, 2.05) is 27.7 Å². The van der Waals surface area contributed by atoms with Gasteiger partial charge in [0.15, 0.2) is 11.9 Å². The molecule has 2 rings (SSSR count). The molecule has 1 aromatic heterocycles. The average Bonchev–Trinajstić information content (AvgIpc) is 2.98. The maximum atomic E-state index is 12.3. The van der Waals surface area contributed by atoms with Crippen LogP contribution in [-0.4, -0.2) is 22.7 Å². The molecule has 0 amide bonds. The Kier molecular flexibility index (Phi) is 5.03. The van der Waals surface area contributed by atoms with Crippen molar-refractivity contribution in [2.24, 2.45) is 0 Å². The van der Waals surface area contributed by atoms with Gasteiger partial charge in [0.1, 0.15) is 11.3 Å². The van der Waals surface area contributed by atoms with Crippen LogP contribution in [0.4, 0.5) is 0 Å². The highest BCUT2D eigenvalue weighted by molar-refractivity contribution is 5.92. The molecule has 1 heterocycles. The van der Waals surface area contributed by atoms with Gasteiger partial charge in [-0.1, -0.05) is 38.1 Å². The summed E-state index contributed by atoms with van der Waals surface area (Å²) >= 11 is 0. The van der Waals surface area contributed by atoms with Gasteiger partial charge >= 0.3 is 5.97 Å². The van der Waals surface area contributed by atoms with E-state index >= 15 is 0 Å². The molecule has 0 aliphatic carbocycles. The normalized spacial score (nSPS) is 12.7. The molecule has 0 fully saturated rings. The predicted molar refractivity (Wildman–Crippen MR) is 84.4 cm³/mol.